The fraction of sp³-hybridized carbons (Fsp3) is 0.481. The van der Waals surface area contributed by atoms with Gasteiger partial charge in [-0.1, -0.05) is 62.4 Å². The predicted octanol–water partition coefficient (Wildman–Crippen LogP) is 3.77. The Kier molecular flexibility index (Phi) is 10.8. The van der Waals surface area contributed by atoms with Gasteiger partial charge in [-0.2, -0.15) is 0 Å². The number of para-hydroxylation sites is 1. The molecule has 2 amide bonds. The Morgan fingerprint density at radius 3 is 2.17 bits per heavy atom. The minimum atomic E-state index is -3.51. The van der Waals surface area contributed by atoms with E-state index in [2.05, 4.69) is 5.32 Å². The second kappa shape index (κ2) is 13.3. The van der Waals surface area contributed by atoms with Crippen molar-refractivity contribution in [3.63, 3.8) is 0 Å². The largest absolute Gasteiger partial charge is 0.354 e. The van der Waals surface area contributed by atoms with Crippen LogP contribution in [0.15, 0.2) is 54.6 Å². The highest BCUT2D eigenvalue weighted by Gasteiger charge is 2.26. The van der Waals surface area contributed by atoms with Crippen molar-refractivity contribution < 1.29 is 18.0 Å². The summed E-state index contributed by atoms with van der Waals surface area (Å²) in [5.41, 5.74) is 2.55. The maximum atomic E-state index is 13.3. The molecule has 0 aliphatic heterocycles. The van der Waals surface area contributed by atoms with E-state index in [0.717, 1.165) is 11.1 Å². The molecule has 0 aliphatic rings. The molecule has 0 saturated carbocycles. The van der Waals surface area contributed by atoms with Crippen LogP contribution in [0.2, 0.25) is 0 Å². The monoisotopic (exact) mass is 501 g/mol. The number of nitrogens with zero attached hydrogens (tertiary/aromatic N) is 2. The summed E-state index contributed by atoms with van der Waals surface area (Å²) in [6, 6.07) is 16.5. The zero-order valence-corrected chi connectivity index (χ0v) is 22.3. The molecule has 1 atom stereocenters. The van der Waals surface area contributed by atoms with Crippen molar-refractivity contribution in [3.05, 3.63) is 65.7 Å². The first-order valence-electron chi connectivity index (χ1n) is 12.1. The average molecular weight is 502 g/mol. The lowest BCUT2D eigenvalue weighted by atomic mass is 10.1. The summed E-state index contributed by atoms with van der Waals surface area (Å²) in [6.45, 7) is 8.79. The van der Waals surface area contributed by atoms with Crippen LogP contribution in [0.1, 0.15) is 44.7 Å². The van der Waals surface area contributed by atoms with Crippen LogP contribution in [-0.2, 0) is 26.0 Å². The van der Waals surface area contributed by atoms with Crippen molar-refractivity contribution in [1.29, 1.82) is 0 Å². The quantitative estimate of drug-likeness (QED) is 0.453. The number of rotatable bonds is 13. The Bertz CT molecular complexity index is 1070. The summed E-state index contributed by atoms with van der Waals surface area (Å²) in [6.07, 6.45) is 2.30. The summed E-state index contributed by atoms with van der Waals surface area (Å²) in [5, 5.41) is 2.92. The van der Waals surface area contributed by atoms with Crippen LogP contribution in [0.5, 0.6) is 0 Å². The Morgan fingerprint density at radius 1 is 0.943 bits per heavy atom. The maximum absolute atomic E-state index is 13.3. The van der Waals surface area contributed by atoms with E-state index in [0.29, 0.717) is 37.5 Å². The van der Waals surface area contributed by atoms with E-state index in [1.807, 2.05) is 63.2 Å². The zero-order chi connectivity index (χ0) is 26.0. The van der Waals surface area contributed by atoms with Crippen molar-refractivity contribution in [2.75, 3.05) is 30.2 Å². The molecule has 7 nitrogen and oxygen atoms in total. The van der Waals surface area contributed by atoms with Gasteiger partial charge in [-0.3, -0.25) is 13.9 Å². The van der Waals surface area contributed by atoms with Gasteiger partial charge in [-0.05, 0) is 49.8 Å². The van der Waals surface area contributed by atoms with Gasteiger partial charge in [0.25, 0.3) is 0 Å². The molecule has 0 aromatic heterocycles. The summed E-state index contributed by atoms with van der Waals surface area (Å²) in [7, 11) is -3.51. The van der Waals surface area contributed by atoms with Crippen LogP contribution < -0.4 is 9.62 Å². The highest BCUT2D eigenvalue weighted by atomic mass is 32.2. The minimum absolute atomic E-state index is 0.147. The van der Waals surface area contributed by atoms with Crippen LogP contribution in [0, 0.1) is 12.8 Å². The number of nitrogens with one attached hydrogen (secondary N) is 1. The van der Waals surface area contributed by atoms with E-state index < -0.39 is 16.1 Å². The van der Waals surface area contributed by atoms with E-state index in [-0.39, 0.29) is 24.8 Å². The van der Waals surface area contributed by atoms with Crippen LogP contribution in [0.4, 0.5) is 5.69 Å². The van der Waals surface area contributed by atoms with Gasteiger partial charge in [0.15, 0.2) is 0 Å². The van der Waals surface area contributed by atoms with Gasteiger partial charge in [0.1, 0.15) is 6.04 Å². The third kappa shape index (κ3) is 9.02. The Balaban J connectivity index is 2.11. The summed E-state index contributed by atoms with van der Waals surface area (Å²) >= 11 is 0. The summed E-state index contributed by atoms with van der Waals surface area (Å²) in [5.74, 6) is -0.0350. The van der Waals surface area contributed by atoms with Crippen LogP contribution in [-0.4, -0.2) is 57.1 Å². The molecule has 8 heteroatoms. The summed E-state index contributed by atoms with van der Waals surface area (Å²) in [4.78, 5) is 27.6. The fourth-order valence-electron chi connectivity index (χ4n) is 3.85. The third-order valence-electron chi connectivity index (χ3n) is 5.87. The van der Waals surface area contributed by atoms with Crippen molar-refractivity contribution in [1.82, 2.24) is 10.2 Å². The molecule has 1 N–H and O–H groups in total. The smallest absolute Gasteiger partial charge is 0.242 e. The van der Waals surface area contributed by atoms with E-state index >= 15 is 0 Å². The van der Waals surface area contributed by atoms with E-state index in [4.69, 9.17) is 0 Å². The molecule has 0 aliphatic carbocycles. The van der Waals surface area contributed by atoms with Gasteiger partial charge in [0, 0.05) is 26.1 Å². The van der Waals surface area contributed by atoms with Crippen LogP contribution in [0.3, 0.4) is 0 Å². The van der Waals surface area contributed by atoms with Crippen molar-refractivity contribution >= 4 is 27.5 Å². The molecule has 0 bridgehead atoms. The van der Waals surface area contributed by atoms with Gasteiger partial charge >= 0.3 is 0 Å². The number of carbonyl (C=O) groups excluding carboxylic acids is 2. The van der Waals surface area contributed by atoms with Gasteiger partial charge < -0.3 is 10.2 Å². The Morgan fingerprint density at radius 2 is 1.57 bits per heavy atom. The number of benzene rings is 2. The molecule has 0 radical (unpaired) electrons. The number of anilines is 1. The number of aryl methyl sites for hydroxylation is 1. The first kappa shape index (κ1) is 28.4. The summed E-state index contributed by atoms with van der Waals surface area (Å²) < 4.78 is 26.3. The van der Waals surface area contributed by atoms with Crippen LogP contribution >= 0.6 is 0 Å². The normalized spacial score (nSPS) is 12.3. The van der Waals surface area contributed by atoms with Crippen LogP contribution in [0.25, 0.3) is 0 Å². The molecule has 2 aromatic carbocycles. The second-order valence-electron chi connectivity index (χ2n) is 9.36. The highest BCUT2D eigenvalue weighted by molar-refractivity contribution is 7.92. The molecular formula is C27H39N3O4S. The minimum Gasteiger partial charge on any atom is -0.354 e. The van der Waals surface area contributed by atoms with Crippen molar-refractivity contribution in [3.8, 4) is 0 Å². The predicted molar refractivity (Wildman–Crippen MR) is 142 cm³/mol. The molecule has 192 valence electrons. The molecule has 2 rings (SSSR count). The number of sulfonamides is 1. The zero-order valence-electron chi connectivity index (χ0n) is 21.5. The lowest BCUT2D eigenvalue weighted by molar-refractivity contribution is -0.140. The van der Waals surface area contributed by atoms with E-state index in [9.17, 15) is 18.0 Å². The van der Waals surface area contributed by atoms with E-state index in [1.165, 1.54) is 10.6 Å². The van der Waals surface area contributed by atoms with Gasteiger partial charge in [0.2, 0.25) is 21.8 Å². The number of hydrogen-bond acceptors (Lipinski definition) is 4. The maximum Gasteiger partial charge on any atom is 0.242 e. The Hall–Kier alpha value is -2.87. The third-order valence-corrected chi connectivity index (χ3v) is 7.05. The van der Waals surface area contributed by atoms with Gasteiger partial charge in [-0.15, -0.1) is 0 Å². The van der Waals surface area contributed by atoms with E-state index in [1.54, 1.807) is 24.0 Å². The number of amides is 2. The lowest BCUT2D eigenvalue weighted by Crippen LogP contribution is -2.49. The molecule has 0 spiro atoms. The van der Waals surface area contributed by atoms with Gasteiger partial charge in [0.05, 0.1) is 11.9 Å². The molecular weight excluding hydrogens is 462 g/mol. The molecule has 0 saturated heterocycles. The molecule has 0 unspecified atom stereocenters. The SMILES string of the molecule is Cc1ccccc1N(CCCC(=O)N(CCc1ccccc1)[C@@H](C)C(=O)NCC(C)C)S(C)(=O)=O. The Labute approximate surface area is 210 Å². The first-order chi connectivity index (χ1) is 16.5. The molecule has 0 fully saturated rings. The number of carbonyl (C=O) groups is 2. The first-order valence-corrected chi connectivity index (χ1v) is 14.0. The molecule has 35 heavy (non-hydrogen) atoms. The second-order valence-corrected chi connectivity index (χ2v) is 11.3. The highest BCUT2D eigenvalue weighted by Crippen LogP contribution is 2.22. The molecule has 0 heterocycles. The molecule has 2 aromatic rings. The number of hydrogen-bond donors (Lipinski definition) is 1. The fourth-order valence-corrected chi connectivity index (χ4v) is 4.87. The average Bonchev–Trinajstić information content (AvgIpc) is 2.80. The lowest BCUT2D eigenvalue weighted by Gasteiger charge is -2.30. The van der Waals surface area contributed by atoms with Crippen molar-refractivity contribution in [2.24, 2.45) is 5.92 Å². The standard InChI is InChI=1S/C27H39N3O4S/c1-21(2)20-28-27(32)23(4)29(19-17-24-13-7-6-8-14-24)26(31)16-11-18-30(35(5,33)34)25-15-10-9-12-22(25)3/h6-10,12-15,21,23H,11,16-20H2,1-5H3,(H,28,32)/t23-/m0/s1. The topological polar surface area (TPSA) is 86.8 Å². The van der Waals surface area contributed by atoms with Gasteiger partial charge in [-0.25, -0.2) is 8.42 Å². The van der Waals surface area contributed by atoms with Crippen molar-refractivity contribution in [2.45, 2.75) is 53.0 Å².